The lowest BCUT2D eigenvalue weighted by Gasteiger charge is -2.31. The molecule has 1 fully saturated rings. The van der Waals surface area contributed by atoms with Crippen LogP contribution in [0.1, 0.15) is 38.1 Å². The third-order valence-electron chi connectivity index (χ3n) is 3.74. The fourth-order valence-electron chi connectivity index (χ4n) is 2.60. The van der Waals surface area contributed by atoms with Crippen molar-refractivity contribution in [3.63, 3.8) is 0 Å². The first-order valence-corrected chi connectivity index (χ1v) is 7.60. The molecule has 1 atom stereocenters. The van der Waals surface area contributed by atoms with Crippen LogP contribution in [-0.2, 0) is 17.8 Å². The molecule has 0 aromatic carbocycles. The molecule has 0 saturated carbocycles. The predicted molar refractivity (Wildman–Crippen MR) is 81.5 cm³/mol. The molecule has 112 valence electrons. The second-order valence-electron chi connectivity index (χ2n) is 5.89. The Morgan fingerprint density at radius 3 is 2.95 bits per heavy atom. The van der Waals surface area contributed by atoms with E-state index >= 15 is 0 Å². The van der Waals surface area contributed by atoms with Gasteiger partial charge in [-0.2, -0.15) is 0 Å². The summed E-state index contributed by atoms with van der Waals surface area (Å²) >= 11 is 0. The van der Waals surface area contributed by atoms with Gasteiger partial charge in [0.05, 0.1) is 17.5 Å². The molecule has 0 bridgehead atoms. The summed E-state index contributed by atoms with van der Waals surface area (Å²) in [6.45, 7) is 8.25. The summed E-state index contributed by atoms with van der Waals surface area (Å²) in [5.74, 6) is 0. The number of aromatic nitrogens is 1. The molecule has 2 rings (SSSR count). The summed E-state index contributed by atoms with van der Waals surface area (Å²) in [7, 11) is 1.81. The number of ether oxygens (including phenoxy) is 1. The van der Waals surface area contributed by atoms with Gasteiger partial charge in [-0.3, -0.25) is 9.88 Å². The fraction of sp³-hybridized carbons (Fsp3) is 0.688. The van der Waals surface area contributed by atoms with Crippen molar-refractivity contribution < 1.29 is 4.74 Å². The minimum Gasteiger partial charge on any atom is -0.380 e. The summed E-state index contributed by atoms with van der Waals surface area (Å²) in [4.78, 5) is 7.19. The van der Waals surface area contributed by atoms with Crippen LogP contribution in [0.25, 0.3) is 0 Å². The predicted octanol–water partition coefficient (Wildman–Crippen LogP) is 2.19. The van der Waals surface area contributed by atoms with Crippen LogP contribution in [-0.4, -0.2) is 42.2 Å². The lowest BCUT2D eigenvalue weighted by atomic mass is 10.1. The van der Waals surface area contributed by atoms with Crippen LogP contribution in [0.4, 0.5) is 0 Å². The number of hydrogen-bond acceptors (Lipinski definition) is 4. The molecular weight excluding hydrogens is 250 g/mol. The van der Waals surface area contributed by atoms with Crippen molar-refractivity contribution >= 4 is 0 Å². The third kappa shape index (κ3) is 4.85. The maximum Gasteiger partial charge on any atom is 0.0698 e. The second kappa shape index (κ2) is 7.72. The van der Waals surface area contributed by atoms with Crippen molar-refractivity contribution in [1.29, 1.82) is 0 Å². The molecule has 1 aliphatic heterocycles. The Balaban J connectivity index is 1.90. The van der Waals surface area contributed by atoms with Gasteiger partial charge in [0.15, 0.2) is 0 Å². The summed E-state index contributed by atoms with van der Waals surface area (Å²) in [5, 5.41) is 3.41. The van der Waals surface area contributed by atoms with E-state index in [9.17, 15) is 0 Å². The van der Waals surface area contributed by atoms with Crippen LogP contribution in [0, 0.1) is 0 Å². The summed E-state index contributed by atoms with van der Waals surface area (Å²) < 4.78 is 5.48. The minimum atomic E-state index is 0.384. The Labute approximate surface area is 122 Å². The van der Waals surface area contributed by atoms with Crippen molar-refractivity contribution in [3.05, 3.63) is 29.6 Å². The van der Waals surface area contributed by atoms with Crippen LogP contribution in [0.5, 0.6) is 0 Å². The van der Waals surface area contributed by atoms with Gasteiger partial charge in [-0.15, -0.1) is 0 Å². The summed E-state index contributed by atoms with van der Waals surface area (Å²) in [6, 6.07) is 6.81. The highest BCUT2D eigenvalue weighted by Gasteiger charge is 2.19. The molecule has 2 heterocycles. The van der Waals surface area contributed by atoms with Gasteiger partial charge in [0.1, 0.15) is 0 Å². The second-order valence-corrected chi connectivity index (χ2v) is 5.89. The SMILES string of the molecule is COC1CCCN(Cc2cccc(CNC(C)C)n2)C1. The summed E-state index contributed by atoms with van der Waals surface area (Å²) in [5.41, 5.74) is 2.28. The highest BCUT2D eigenvalue weighted by molar-refractivity contribution is 5.11. The maximum atomic E-state index is 5.48. The molecule has 0 radical (unpaired) electrons. The van der Waals surface area contributed by atoms with Crippen molar-refractivity contribution in [1.82, 2.24) is 15.2 Å². The Kier molecular flexibility index (Phi) is 5.95. The number of hydrogen-bond donors (Lipinski definition) is 1. The molecule has 1 aromatic rings. The highest BCUT2D eigenvalue weighted by atomic mass is 16.5. The Morgan fingerprint density at radius 2 is 2.20 bits per heavy atom. The van der Waals surface area contributed by atoms with E-state index < -0.39 is 0 Å². The number of rotatable bonds is 6. The van der Waals surface area contributed by atoms with E-state index in [1.54, 1.807) is 0 Å². The molecule has 1 aromatic heterocycles. The van der Waals surface area contributed by atoms with E-state index in [2.05, 4.69) is 42.3 Å². The molecular formula is C16H27N3O. The first-order valence-electron chi connectivity index (χ1n) is 7.60. The largest absolute Gasteiger partial charge is 0.380 e. The molecule has 1 aliphatic rings. The number of nitrogens with one attached hydrogen (secondary N) is 1. The zero-order valence-corrected chi connectivity index (χ0v) is 12.9. The molecule has 0 amide bonds. The standard InChI is InChI=1S/C16H27N3O/c1-13(2)17-10-14-6-4-7-15(18-14)11-19-9-5-8-16(12-19)20-3/h4,6-7,13,16-17H,5,8-12H2,1-3H3. The van der Waals surface area contributed by atoms with Gasteiger partial charge >= 0.3 is 0 Å². The molecule has 20 heavy (non-hydrogen) atoms. The lowest BCUT2D eigenvalue weighted by Crippen LogP contribution is -2.38. The molecule has 1 saturated heterocycles. The van der Waals surface area contributed by atoms with Gasteiger partial charge in [-0.1, -0.05) is 19.9 Å². The zero-order valence-electron chi connectivity index (χ0n) is 12.9. The number of piperidine rings is 1. The van der Waals surface area contributed by atoms with Gasteiger partial charge in [0, 0.05) is 32.8 Å². The van der Waals surface area contributed by atoms with Crippen molar-refractivity contribution in [3.8, 4) is 0 Å². The first kappa shape index (κ1) is 15.4. The van der Waals surface area contributed by atoms with Crippen LogP contribution in [0.15, 0.2) is 18.2 Å². The van der Waals surface area contributed by atoms with Crippen molar-refractivity contribution in [2.24, 2.45) is 0 Å². The molecule has 4 nitrogen and oxygen atoms in total. The van der Waals surface area contributed by atoms with E-state index in [0.717, 1.165) is 37.6 Å². The average molecular weight is 277 g/mol. The van der Waals surface area contributed by atoms with Gasteiger partial charge in [0.2, 0.25) is 0 Å². The van der Waals surface area contributed by atoms with Crippen LogP contribution < -0.4 is 5.32 Å². The first-order chi connectivity index (χ1) is 9.67. The van der Waals surface area contributed by atoms with E-state index in [1.165, 1.54) is 12.8 Å². The number of nitrogens with zero attached hydrogens (tertiary/aromatic N) is 2. The van der Waals surface area contributed by atoms with Gasteiger partial charge in [-0.05, 0) is 31.5 Å². The number of methoxy groups -OCH3 is 1. The molecule has 4 heteroatoms. The summed E-state index contributed by atoms with van der Waals surface area (Å²) in [6.07, 6.45) is 2.78. The van der Waals surface area contributed by atoms with Gasteiger partial charge < -0.3 is 10.1 Å². The van der Waals surface area contributed by atoms with Gasteiger partial charge in [-0.25, -0.2) is 0 Å². The maximum absolute atomic E-state index is 5.48. The Hall–Kier alpha value is -0.970. The van der Waals surface area contributed by atoms with E-state index in [0.29, 0.717) is 12.1 Å². The fourth-order valence-corrected chi connectivity index (χ4v) is 2.60. The Morgan fingerprint density at radius 1 is 1.40 bits per heavy atom. The topological polar surface area (TPSA) is 37.4 Å². The molecule has 1 N–H and O–H groups in total. The number of likely N-dealkylation sites (tertiary alicyclic amines) is 1. The van der Waals surface area contributed by atoms with Crippen LogP contribution >= 0.6 is 0 Å². The quantitative estimate of drug-likeness (QED) is 0.865. The third-order valence-corrected chi connectivity index (χ3v) is 3.74. The van der Waals surface area contributed by atoms with E-state index in [1.807, 2.05) is 7.11 Å². The smallest absolute Gasteiger partial charge is 0.0698 e. The minimum absolute atomic E-state index is 0.384. The normalized spacial score (nSPS) is 20.5. The van der Waals surface area contributed by atoms with E-state index in [-0.39, 0.29) is 0 Å². The van der Waals surface area contributed by atoms with Crippen molar-refractivity contribution in [2.45, 2.75) is 51.9 Å². The van der Waals surface area contributed by atoms with Crippen molar-refractivity contribution in [2.75, 3.05) is 20.2 Å². The van der Waals surface area contributed by atoms with Crippen LogP contribution in [0.2, 0.25) is 0 Å². The van der Waals surface area contributed by atoms with Crippen LogP contribution in [0.3, 0.4) is 0 Å². The molecule has 1 unspecified atom stereocenters. The molecule has 0 spiro atoms. The van der Waals surface area contributed by atoms with E-state index in [4.69, 9.17) is 9.72 Å². The van der Waals surface area contributed by atoms with Gasteiger partial charge in [0.25, 0.3) is 0 Å². The zero-order chi connectivity index (χ0) is 14.4. The average Bonchev–Trinajstić information content (AvgIpc) is 2.46. The molecule has 0 aliphatic carbocycles. The Bertz CT molecular complexity index is 408. The monoisotopic (exact) mass is 277 g/mol. The number of pyridine rings is 1. The highest BCUT2D eigenvalue weighted by Crippen LogP contribution is 2.15. The lowest BCUT2D eigenvalue weighted by molar-refractivity contribution is 0.0281.